The number of rotatable bonds is 4. The Morgan fingerprint density at radius 2 is 1.88 bits per heavy atom. The second kappa shape index (κ2) is 9.62. The summed E-state index contributed by atoms with van der Waals surface area (Å²) in [5.41, 5.74) is 2.30. The van der Waals surface area contributed by atoms with E-state index in [4.69, 9.17) is 27.9 Å². The largest absolute Gasteiger partial charge is 0.371 e. The van der Waals surface area contributed by atoms with Gasteiger partial charge in [0.05, 0.1) is 28.8 Å². The van der Waals surface area contributed by atoms with Crippen LogP contribution in [0.15, 0.2) is 48.5 Å². The first kappa shape index (κ1) is 19.5. The quantitative estimate of drug-likeness (QED) is 0.823. The van der Waals surface area contributed by atoms with Gasteiger partial charge in [-0.25, -0.2) is 0 Å². The first-order valence-electron chi connectivity index (χ1n) is 7.78. The van der Waals surface area contributed by atoms with E-state index in [1.54, 1.807) is 0 Å². The predicted molar refractivity (Wildman–Crippen MR) is 102 cm³/mol. The highest BCUT2D eigenvalue weighted by molar-refractivity contribution is 6.42. The third-order valence-corrected chi connectivity index (χ3v) is 4.73. The van der Waals surface area contributed by atoms with Crippen molar-refractivity contribution in [1.29, 1.82) is 0 Å². The Morgan fingerprint density at radius 1 is 1.08 bits per heavy atom. The van der Waals surface area contributed by atoms with Crippen molar-refractivity contribution in [3.05, 3.63) is 69.7 Å². The number of ether oxygens (including phenoxy) is 1. The molecule has 0 saturated carbocycles. The fraction of sp³-hybridized carbons (Fsp3) is 0.333. The molecule has 1 aliphatic heterocycles. The van der Waals surface area contributed by atoms with Crippen molar-refractivity contribution in [3.8, 4) is 0 Å². The topological polar surface area (TPSA) is 33.3 Å². The zero-order valence-corrected chi connectivity index (χ0v) is 15.5. The van der Waals surface area contributed by atoms with E-state index in [-0.39, 0.29) is 24.6 Å². The second-order valence-electron chi connectivity index (χ2n) is 5.64. The van der Waals surface area contributed by atoms with Gasteiger partial charge in [0.25, 0.3) is 0 Å². The standard InChI is InChI=1S/C18H20Cl2N2O.ClH/c19-15-7-6-14(10-16(15)20)18-17(12-21-8-9-23-18)22-11-13-4-2-1-3-5-13;/h1-7,10,17-18,21-22H,8-9,11-12H2;1H. The van der Waals surface area contributed by atoms with Crippen LogP contribution >= 0.6 is 35.6 Å². The SMILES string of the molecule is Cl.Clc1ccc(C2OCCNCC2NCc2ccccc2)cc1Cl. The summed E-state index contributed by atoms with van der Waals surface area (Å²) in [7, 11) is 0. The van der Waals surface area contributed by atoms with Crippen molar-refractivity contribution in [2.24, 2.45) is 0 Å². The molecule has 2 aromatic rings. The van der Waals surface area contributed by atoms with Gasteiger partial charge in [0.15, 0.2) is 0 Å². The lowest BCUT2D eigenvalue weighted by atomic mass is 10.0. The minimum Gasteiger partial charge on any atom is -0.371 e. The van der Waals surface area contributed by atoms with E-state index >= 15 is 0 Å². The molecule has 2 aromatic carbocycles. The molecular formula is C18H21Cl3N2O. The molecule has 3 nitrogen and oxygen atoms in total. The maximum atomic E-state index is 6.17. The van der Waals surface area contributed by atoms with Gasteiger partial charge < -0.3 is 15.4 Å². The van der Waals surface area contributed by atoms with E-state index in [0.29, 0.717) is 16.7 Å². The van der Waals surface area contributed by atoms with E-state index in [1.807, 2.05) is 24.3 Å². The lowest BCUT2D eigenvalue weighted by Gasteiger charge is -2.26. The Balaban J connectivity index is 0.00000208. The molecule has 0 amide bonds. The number of hydrogen-bond donors (Lipinski definition) is 2. The van der Waals surface area contributed by atoms with Gasteiger partial charge in [-0.05, 0) is 23.3 Å². The molecule has 130 valence electrons. The van der Waals surface area contributed by atoms with E-state index in [9.17, 15) is 0 Å². The Bertz CT molecular complexity index is 639. The molecule has 24 heavy (non-hydrogen) atoms. The zero-order valence-electron chi connectivity index (χ0n) is 13.2. The Morgan fingerprint density at radius 3 is 2.62 bits per heavy atom. The smallest absolute Gasteiger partial charge is 0.0991 e. The lowest BCUT2D eigenvalue weighted by molar-refractivity contribution is 0.0435. The van der Waals surface area contributed by atoms with Crippen molar-refractivity contribution >= 4 is 35.6 Å². The lowest BCUT2D eigenvalue weighted by Crippen LogP contribution is -2.41. The Kier molecular flexibility index (Phi) is 7.82. The molecule has 1 aliphatic rings. The summed E-state index contributed by atoms with van der Waals surface area (Å²) < 4.78 is 6.06. The first-order valence-corrected chi connectivity index (χ1v) is 8.54. The maximum Gasteiger partial charge on any atom is 0.0991 e. The van der Waals surface area contributed by atoms with Crippen LogP contribution in [0, 0.1) is 0 Å². The van der Waals surface area contributed by atoms with Crippen molar-refractivity contribution in [1.82, 2.24) is 10.6 Å². The van der Waals surface area contributed by atoms with Crippen LogP contribution in [0.25, 0.3) is 0 Å². The van der Waals surface area contributed by atoms with Gasteiger partial charge in [0.1, 0.15) is 0 Å². The molecule has 2 atom stereocenters. The van der Waals surface area contributed by atoms with Crippen LogP contribution < -0.4 is 10.6 Å². The van der Waals surface area contributed by atoms with E-state index in [2.05, 4.69) is 34.9 Å². The molecule has 2 N–H and O–H groups in total. The molecular weight excluding hydrogens is 367 g/mol. The van der Waals surface area contributed by atoms with Gasteiger partial charge in [-0.3, -0.25) is 0 Å². The van der Waals surface area contributed by atoms with Crippen LogP contribution in [0.3, 0.4) is 0 Å². The molecule has 0 aliphatic carbocycles. The summed E-state index contributed by atoms with van der Waals surface area (Å²) in [5.74, 6) is 0. The van der Waals surface area contributed by atoms with Crippen LogP contribution in [0.4, 0.5) is 0 Å². The molecule has 2 unspecified atom stereocenters. The van der Waals surface area contributed by atoms with Crippen LogP contribution in [-0.2, 0) is 11.3 Å². The minimum atomic E-state index is -0.0523. The summed E-state index contributed by atoms with van der Waals surface area (Å²) in [5, 5.41) is 8.14. The van der Waals surface area contributed by atoms with Crippen LogP contribution in [0.2, 0.25) is 10.0 Å². The summed E-state index contributed by atoms with van der Waals surface area (Å²) in [6.07, 6.45) is -0.0523. The predicted octanol–water partition coefficient (Wildman–Crippen LogP) is 4.23. The maximum absolute atomic E-state index is 6.17. The zero-order chi connectivity index (χ0) is 16.1. The van der Waals surface area contributed by atoms with Gasteiger partial charge in [-0.15, -0.1) is 12.4 Å². The third kappa shape index (κ3) is 5.09. The average Bonchev–Trinajstić information content (AvgIpc) is 2.82. The van der Waals surface area contributed by atoms with E-state index in [1.165, 1.54) is 5.56 Å². The highest BCUT2D eigenvalue weighted by atomic mass is 35.5. The molecule has 3 rings (SSSR count). The van der Waals surface area contributed by atoms with Crippen molar-refractivity contribution in [2.75, 3.05) is 19.7 Å². The van der Waals surface area contributed by atoms with E-state index in [0.717, 1.165) is 25.2 Å². The molecule has 0 aromatic heterocycles. The Labute approximate surface area is 159 Å². The summed E-state index contributed by atoms with van der Waals surface area (Å²) in [6.45, 7) is 3.17. The Hall–Kier alpha value is -0.810. The van der Waals surface area contributed by atoms with Gasteiger partial charge in [0, 0.05) is 19.6 Å². The number of halogens is 3. The highest BCUT2D eigenvalue weighted by Gasteiger charge is 2.26. The number of nitrogens with one attached hydrogen (secondary N) is 2. The van der Waals surface area contributed by atoms with E-state index < -0.39 is 0 Å². The monoisotopic (exact) mass is 386 g/mol. The normalized spacial score (nSPS) is 20.9. The minimum absolute atomic E-state index is 0. The number of hydrogen-bond acceptors (Lipinski definition) is 3. The molecule has 6 heteroatoms. The summed E-state index contributed by atoms with van der Waals surface area (Å²) >= 11 is 12.2. The van der Waals surface area contributed by atoms with Gasteiger partial charge in [-0.1, -0.05) is 59.6 Å². The first-order chi connectivity index (χ1) is 11.2. The molecule has 0 bridgehead atoms. The highest BCUT2D eigenvalue weighted by Crippen LogP contribution is 2.29. The molecule has 1 fully saturated rings. The second-order valence-corrected chi connectivity index (χ2v) is 6.46. The van der Waals surface area contributed by atoms with Crippen molar-refractivity contribution < 1.29 is 4.74 Å². The average molecular weight is 388 g/mol. The molecule has 0 radical (unpaired) electrons. The van der Waals surface area contributed by atoms with Crippen molar-refractivity contribution in [3.63, 3.8) is 0 Å². The van der Waals surface area contributed by atoms with Gasteiger partial charge in [0.2, 0.25) is 0 Å². The molecule has 0 spiro atoms. The van der Waals surface area contributed by atoms with Crippen LogP contribution in [0.1, 0.15) is 17.2 Å². The fourth-order valence-corrected chi connectivity index (χ4v) is 3.09. The van der Waals surface area contributed by atoms with Gasteiger partial charge >= 0.3 is 0 Å². The van der Waals surface area contributed by atoms with Crippen molar-refractivity contribution in [2.45, 2.75) is 18.7 Å². The van der Waals surface area contributed by atoms with Gasteiger partial charge in [-0.2, -0.15) is 0 Å². The van der Waals surface area contributed by atoms with Crippen LogP contribution in [-0.4, -0.2) is 25.7 Å². The summed E-state index contributed by atoms with van der Waals surface area (Å²) in [6, 6.07) is 16.2. The fourth-order valence-electron chi connectivity index (χ4n) is 2.78. The molecule has 1 saturated heterocycles. The van der Waals surface area contributed by atoms with Crippen LogP contribution in [0.5, 0.6) is 0 Å². The number of benzene rings is 2. The third-order valence-electron chi connectivity index (χ3n) is 3.99. The summed E-state index contributed by atoms with van der Waals surface area (Å²) in [4.78, 5) is 0. The molecule has 1 heterocycles.